The number of hydrogen-bond donors (Lipinski definition) is 1. The van der Waals surface area contributed by atoms with Gasteiger partial charge in [0.1, 0.15) is 0 Å². The van der Waals surface area contributed by atoms with Crippen molar-refractivity contribution in [2.24, 2.45) is 11.8 Å². The van der Waals surface area contributed by atoms with E-state index >= 15 is 0 Å². The minimum atomic E-state index is 0.748. The number of nitrogens with one attached hydrogen (secondary N) is 1. The van der Waals surface area contributed by atoms with Crippen LogP contribution < -0.4 is 5.32 Å². The average Bonchev–Trinajstić information content (AvgIpc) is 3.05. The highest BCUT2D eigenvalue weighted by Gasteiger charge is 2.43. The molecule has 0 saturated heterocycles. The van der Waals surface area contributed by atoms with E-state index in [2.05, 4.69) is 42.7 Å². The Morgan fingerprint density at radius 3 is 2.56 bits per heavy atom. The molecule has 1 N–H and O–H groups in total. The second kappa shape index (κ2) is 5.44. The van der Waals surface area contributed by atoms with Crippen molar-refractivity contribution < 1.29 is 0 Å². The first-order valence-corrected chi connectivity index (χ1v) is 7.60. The zero-order valence-corrected chi connectivity index (χ0v) is 11.4. The van der Waals surface area contributed by atoms with Crippen LogP contribution in [0.25, 0.3) is 0 Å². The summed E-state index contributed by atoms with van der Waals surface area (Å²) in [6.07, 6.45) is 8.68. The normalized spacial score (nSPS) is 29.4. The Morgan fingerprint density at radius 1 is 1.17 bits per heavy atom. The Balaban J connectivity index is 1.57. The van der Waals surface area contributed by atoms with E-state index in [1.807, 2.05) is 0 Å². The Kier molecular flexibility index (Phi) is 3.69. The summed E-state index contributed by atoms with van der Waals surface area (Å²) in [4.78, 5) is 0. The third-order valence-corrected chi connectivity index (χ3v) is 5.02. The largest absolute Gasteiger partial charge is 0.317 e. The molecule has 0 bridgehead atoms. The van der Waals surface area contributed by atoms with Gasteiger partial charge in [-0.3, -0.25) is 0 Å². The van der Waals surface area contributed by atoms with Gasteiger partial charge in [0.05, 0.1) is 0 Å². The fraction of sp³-hybridized carbons (Fsp3) is 0.647. The van der Waals surface area contributed by atoms with Gasteiger partial charge in [-0.25, -0.2) is 0 Å². The lowest BCUT2D eigenvalue weighted by Crippen LogP contribution is -2.30. The van der Waals surface area contributed by atoms with E-state index in [9.17, 15) is 0 Å². The van der Waals surface area contributed by atoms with Gasteiger partial charge in [-0.05, 0) is 43.2 Å². The second-order valence-corrected chi connectivity index (χ2v) is 6.20. The molecule has 1 nitrogen and oxygen atoms in total. The smallest absolute Gasteiger partial charge is 0.0101 e. The Labute approximate surface area is 111 Å². The third kappa shape index (κ3) is 2.61. The summed E-state index contributed by atoms with van der Waals surface area (Å²) in [5.74, 6) is 2.71. The van der Waals surface area contributed by atoms with Crippen LogP contribution in [0.2, 0.25) is 0 Å². The highest BCUT2D eigenvalue weighted by atomic mass is 14.9. The van der Waals surface area contributed by atoms with Crippen LogP contribution in [-0.2, 0) is 0 Å². The van der Waals surface area contributed by atoms with E-state index in [0.717, 1.165) is 23.8 Å². The summed E-state index contributed by atoms with van der Waals surface area (Å²) in [7, 11) is 2.15. The van der Waals surface area contributed by atoms with Crippen molar-refractivity contribution in [3.8, 4) is 0 Å². The lowest BCUT2D eigenvalue weighted by atomic mass is 9.94. The molecule has 3 atom stereocenters. The summed E-state index contributed by atoms with van der Waals surface area (Å²) in [5.41, 5.74) is 1.55. The van der Waals surface area contributed by atoms with Crippen molar-refractivity contribution in [1.29, 1.82) is 0 Å². The SMILES string of the molecule is CNC(CC1CCCC1)C1CC1c1ccccc1. The molecule has 2 fully saturated rings. The van der Waals surface area contributed by atoms with Crippen LogP contribution in [0.15, 0.2) is 30.3 Å². The van der Waals surface area contributed by atoms with Crippen molar-refractivity contribution >= 4 is 0 Å². The molecule has 0 amide bonds. The molecule has 3 unspecified atom stereocenters. The maximum absolute atomic E-state index is 3.59. The Morgan fingerprint density at radius 2 is 1.89 bits per heavy atom. The van der Waals surface area contributed by atoms with Gasteiger partial charge in [0.2, 0.25) is 0 Å². The average molecular weight is 243 g/mol. The van der Waals surface area contributed by atoms with Gasteiger partial charge in [0, 0.05) is 6.04 Å². The maximum Gasteiger partial charge on any atom is 0.0101 e. The summed E-state index contributed by atoms with van der Waals surface area (Å²) >= 11 is 0. The van der Waals surface area contributed by atoms with Crippen LogP contribution >= 0.6 is 0 Å². The lowest BCUT2D eigenvalue weighted by molar-refractivity contribution is 0.371. The van der Waals surface area contributed by atoms with Crippen LogP contribution in [0.3, 0.4) is 0 Å². The summed E-state index contributed by atoms with van der Waals surface area (Å²) in [6.45, 7) is 0. The first-order chi connectivity index (χ1) is 8.88. The van der Waals surface area contributed by atoms with Crippen molar-refractivity contribution in [3.63, 3.8) is 0 Å². The predicted octanol–water partition coefficient (Wildman–Crippen LogP) is 3.96. The van der Waals surface area contributed by atoms with Crippen LogP contribution in [0, 0.1) is 11.8 Å². The zero-order chi connectivity index (χ0) is 12.4. The highest BCUT2D eigenvalue weighted by Crippen LogP contribution is 2.51. The highest BCUT2D eigenvalue weighted by molar-refractivity contribution is 5.26. The summed E-state index contributed by atoms with van der Waals surface area (Å²) in [5, 5.41) is 3.59. The molecule has 18 heavy (non-hydrogen) atoms. The van der Waals surface area contributed by atoms with Crippen LogP contribution in [0.4, 0.5) is 0 Å². The molecule has 0 heterocycles. The monoisotopic (exact) mass is 243 g/mol. The van der Waals surface area contributed by atoms with Crippen molar-refractivity contribution in [1.82, 2.24) is 5.32 Å². The first-order valence-electron chi connectivity index (χ1n) is 7.60. The first kappa shape index (κ1) is 12.2. The van der Waals surface area contributed by atoms with Gasteiger partial charge in [0.15, 0.2) is 0 Å². The fourth-order valence-electron chi connectivity index (χ4n) is 3.85. The van der Waals surface area contributed by atoms with Crippen molar-refractivity contribution in [2.75, 3.05) is 7.05 Å². The molecule has 0 spiro atoms. The molecular formula is C17H25N. The lowest BCUT2D eigenvalue weighted by Gasteiger charge is -2.20. The molecule has 2 aliphatic rings. The zero-order valence-electron chi connectivity index (χ0n) is 11.4. The molecule has 3 rings (SSSR count). The molecule has 2 saturated carbocycles. The topological polar surface area (TPSA) is 12.0 Å². The Bertz CT molecular complexity index is 366. The standard InChI is InChI=1S/C17H25N/c1-18-17(11-13-7-5-6-8-13)16-12-15(16)14-9-3-2-4-10-14/h2-4,9-10,13,15-18H,5-8,11-12H2,1H3. The van der Waals surface area contributed by atoms with Crippen molar-refractivity contribution in [2.45, 2.75) is 50.5 Å². The molecular weight excluding hydrogens is 218 g/mol. The van der Waals surface area contributed by atoms with Gasteiger partial charge in [-0.15, -0.1) is 0 Å². The fourth-order valence-corrected chi connectivity index (χ4v) is 3.85. The number of hydrogen-bond acceptors (Lipinski definition) is 1. The summed E-state index contributed by atoms with van der Waals surface area (Å²) in [6, 6.07) is 11.8. The number of benzene rings is 1. The van der Waals surface area contributed by atoms with E-state index in [1.165, 1.54) is 38.5 Å². The molecule has 2 aliphatic carbocycles. The Hall–Kier alpha value is -0.820. The van der Waals surface area contributed by atoms with Crippen LogP contribution in [0.1, 0.15) is 50.0 Å². The third-order valence-electron chi connectivity index (χ3n) is 5.02. The predicted molar refractivity (Wildman–Crippen MR) is 76.7 cm³/mol. The van der Waals surface area contributed by atoms with Crippen LogP contribution in [0.5, 0.6) is 0 Å². The van der Waals surface area contributed by atoms with Gasteiger partial charge >= 0.3 is 0 Å². The van der Waals surface area contributed by atoms with Gasteiger partial charge in [-0.2, -0.15) is 0 Å². The molecule has 1 aromatic rings. The quantitative estimate of drug-likeness (QED) is 0.825. The van der Waals surface area contributed by atoms with E-state index in [4.69, 9.17) is 0 Å². The van der Waals surface area contributed by atoms with E-state index < -0.39 is 0 Å². The molecule has 0 aliphatic heterocycles. The van der Waals surface area contributed by atoms with E-state index in [0.29, 0.717) is 0 Å². The molecule has 98 valence electrons. The molecule has 0 radical (unpaired) electrons. The molecule has 1 heteroatoms. The second-order valence-electron chi connectivity index (χ2n) is 6.20. The summed E-state index contributed by atoms with van der Waals surface area (Å²) < 4.78 is 0. The van der Waals surface area contributed by atoms with Gasteiger partial charge in [0.25, 0.3) is 0 Å². The van der Waals surface area contributed by atoms with E-state index in [-0.39, 0.29) is 0 Å². The maximum atomic E-state index is 3.59. The van der Waals surface area contributed by atoms with Crippen LogP contribution in [-0.4, -0.2) is 13.1 Å². The van der Waals surface area contributed by atoms with Gasteiger partial charge < -0.3 is 5.32 Å². The minimum absolute atomic E-state index is 0.748. The molecule has 1 aromatic carbocycles. The van der Waals surface area contributed by atoms with Gasteiger partial charge in [-0.1, -0.05) is 56.0 Å². The molecule has 0 aromatic heterocycles. The minimum Gasteiger partial charge on any atom is -0.317 e. The van der Waals surface area contributed by atoms with Crippen molar-refractivity contribution in [3.05, 3.63) is 35.9 Å². The number of rotatable bonds is 5. The van der Waals surface area contributed by atoms with E-state index in [1.54, 1.807) is 5.56 Å².